The highest BCUT2D eigenvalue weighted by Gasteiger charge is 2.32. The Morgan fingerprint density at radius 1 is 0.957 bits per heavy atom. The minimum atomic E-state index is -0.422. The predicted molar refractivity (Wildman–Crippen MR) is 90.9 cm³/mol. The van der Waals surface area contributed by atoms with Gasteiger partial charge in [0.25, 0.3) is 0 Å². The van der Waals surface area contributed by atoms with Gasteiger partial charge in [0.15, 0.2) is 0 Å². The number of carbonyl (C=O) groups is 1. The van der Waals surface area contributed by atoms with Crippen molar-refractivity contribution in [2.75, 3.05) is 45.8 Å². The Hall–Kier alpha value is -0.650. The van der Waals surface area contributed by atoms with Gasteiger partial charge in [-0.05, 0) is 52.4 Å². The molecule has 1 saturated carbocycles. The summed E-state index contributed by atoms with van der Waals surface area (Å²) in [5.74, 6) is 0.881. The molecule has 0 bridgehead atoms. The van der Waals surface area contributed by atoms with Crippen LogP contribution in [0, 0.1) is 11.3 Å². The minimum absolute atomic E-state index is 0.121. The number of hydroxylamine groups is 2. The molecule has 23 heavy (non-hydrogen) atoms. The van der Waals surface area contributed by atoms with Gasteiger partial charge in [-0.25, -0.2) is 4.79 Å². The highest BCUT2D eigenvalue weighted by atomic mass is 16.7. The van der Waals surface area contributed by atoms with Crippen LogP contribution in [0.1, 0.15) is 46.5 Å². The van der Waals surface area contributed by atoms with Crippen molar-refractivity contribution in [1.29, 1.82) is 0 Å². The molecule has 0 amide bonds. The molecule has 5 nitrogen and oxygen atoms in total. The maximum Gasteiger partial charge on any atom is 0.330 e. The highest BCUT2D eigenvalue weighted by molar-refractivity contribution is 5.75. The maximum atomic E-state index is 12.0. The van der Waals surface area contributed by atoms with Crippen LogP contribution in [-0.2, 0) is 9.63 Å². The van der Waals surface area contributed by atoms with Crippen molar-refractivity contribution in [2.45, 2.75) is 52.5 Å². The number of piperazine rings is 1. The fourth-order valence-corrected chi connectivity index (χ4v) is 3.53. The third-order valence-electron chi connectivity index (χ3n) is 5.38. The summed E-state index contributed by atoms with van der Waals surface area (Å²) in [5.41, 5.74) is -0.422. The topological polar surface area (TPSA) is 36.0 Å². The van der Waals surface area contributed by atoms with E-state index in [-0.39, 0.29) is 5.97 Å². The van der Waals surface area contributed by atoms with E-state index in [2.05, 4.69) is 9.80 Å². The Labute approximate surface area is 140 Å². The molecule has 0 aromatic rings. The first-order valence-electron chi connectivity index (χ1n) is 9.35. The predicted octanol–water partition coefficient (Wildman–Crippen LogP) is 1.98. The first kappa shape index (κ1) is 17.2. The summed E-state index contributed by atoms with van der Waals surface area (Å²) >= 11 is 0. The Bertz CT molecular complexity index is 401. The lowest BCUT2D eigenvalue weighted by Gasteiger charge is -2.42. The second-order valence-corrected chi connectivity index (χ2v) is 8.57. The highest BCUT2D eigenvalue weighted by Crippen LogP contribution is 2.30. The Kier molecular flexibility index (Phi) is 5.29. The van der Waals surface area contributed by atoms with Crippen LogP contribution in [0.4, 0.5) is 0 Å². The summed E-state index contributed by atoms with van der Waals surface area (Å²) in [6.45, 7) is 13.7. The summed E-state index contributed by atoms with van der Waals surface area (Å²) in [5, 5.41) is 1.87. The van der Waals surface area contributed by atoms with Crippen LogP contribution >= 0.6 is 0 Å². The number of rotatable bonds is 4. The van der Waals surface area contributed by atoms with Crippen LogP contribution in [0.2, 0.25) is 0 Å². The van der Waals surface area contributed by atoms with Crippen molar-refractivity contribution in [2.24, 2.45) is 11.3 Å². The standard InChI is InChI=1S/C18H33N3O2/c1-18(2,3)17(22)23-21-8-6-16(7-9-21)20-12-10-19(11-13-20)14-15-4-5-15/h15-16H,4-14H2,1-3H3. The zero-order valence-electron chi connectivity index (χ0n) is 15.1. The van der Waals surface area contributed by atoms with Gasteiger partial charge < -0.3 is 9.74 Å². The van der Waals surface area contributed by atoms with Gasteiger partial charge in [0, 0.05) is 51.9 Å². The monoisotopic (exact) mass is 323 g/mol. The lowest BCUT2D eigenvalue weighted by atomic mass is 9.97. The SMILES string of the molecule is CC(C)(C)C(=O)ON1CCC(N2CCN(CC3CC3)CC2)CC1. The molecule has 0 aromatic carbocycles. The smallest absolute Gasteiger partial charge is 0.330 e. The third-order valence-corrected chi connectivity index (χ3v) is 5.38. The van der Waals surface area contributed by atoms with Crippen LogP contribution in [0.15, 0.2) is 0 Å². The first-order chi connectivity index (χ1) is 10.9. The summed E-state index contributed by atoms with van der Waals surface area (Å²) in [6, 6.07) is 0.669. The third kappa shape index (κ3) is 4.91. The van der Waals surface area contributed by atoms with E-state index in [0.717, 1.165) is 31.8 Å². The molecule has 0 unspecified atom stereocenters. The molecular weight excluding hydrogens is 290 g/mol. The summed E-state index contributed by atoms with van der Waals surface area (Å²) < 4.78 is 0. The number of nitrogens with zero attached hydrogens (tertiary/aromatic N) is 3. The molecule has 3 rings (SSSR count). The van der Waals surface area contributed by atoms with Crippen LogP contribution in [0.5, 0.6) is 0 Å². The fraction of sp³-hybridized carbons (Fsp3) is 0.944. The van der Waals surface area contributed by atoms with Crippen LogP contribution < -0.4 is 0 Å². The van der Waals surface area contributed by atoms with Crippen molar-refractivity contribution in [1.82, 2.24) is 14.9 Å². The van der Waals surface area contributed by atoms with Gasteiger partial charge in [0.1, 0.15) is 0 Å². The zero-order valence-corrected chi connectivity index (χ0v) is 15.1. The average molecular weight is 323 g/mol. The van der Waals surface area contributed by atoms with Gasteiger partial charge in [-0.1, -0.05) is 0 Å². The largest absolute Gasteiger partial charge is 0.367 e. The number of carbonyl (C=O) groups excluding carboxylic acids is 1. The molecule has 3 aliphatic rings. The summed E-state index contributed by atoms with van der Waals surface area (Å²) in [6.07, 6.45) is 5.12. The van der Waals surface area contributed by atoms with E-state index in [9.17, 15) is 4.79 Å². The molecule has 2 aliphatic heterocycles. The molecule has 0 aromatic heterocycles. The lowest BCUT2D eigenvalue weighted by Crippen LogP contribution is -2.53. The van der Waals surface area contributed by atoms with Crippen molar-refractivity contribution in [3.8, 4) is 0 Å². The molecule has 1 aliphatic carbocycles. The number of piperidine rings is 1. The molecule has 2 saturated heterocycles. The van der Waals surface area contributed by atoms with Crippen LogP contribution in [0.25, 0.3) is 0 Å². The van der Waals surface area contributed by atoms with E-state index >= 15 is 0 Å². The van der Waals surface area contributed by atoms with Gasteiger partial charge in [-0.3, -0.25) is 4.90 Å². The molecule has 3 fully saturated rings. The number of hydrogen-bond acceptors (Lipinski definition) is 5. The molecule has 0 N–H and O–H groups in total. The molecule has 0 atom stereocenters. The quantitative estimate of drug-likeness (QED) is 0.791. The second-order valence-electron chi connectivity index (χ2n) is 8.57. The normalized spacial score (nSPS) is 26.4. The number of hydrogen-bond donors (Lipinski definition) is 0. The maximum absolute atomic E-state index is 12.0. The average Bonchev–Trinajstić information content (AvgIpc) is 3.32. The fourth-order valence-electron chi connectivity index (χ4n) is 3.53. The lowest BCUT2D eigenvalue weighted by molar-refractivity contribution is -0.206. The molecule has 132 valence electrons. The Balaban J connectivity index is 1.37. The second kappa shape index (κ2) is 7.08. The Morgan fingerprint density at radius 3 is 2.09 bits per heavy atom. The molecule has 0 spiro atoms. The molecule has 2 heterocycles. The van der Waals surface area contributed by atoms with E-state index in [0.29, 0.717) is 6.04 Å². The van der Waals surface area contributed by atoms with Crippen molar-refractivity contribution in [3.63, 3.8) is 0 Å². The van der Waals surface area contributed by atoms with Gasteiger partial charge in [-0.15, -0.1) is 5.06 Å². The zero-order chi connectivity index (χ0) is 16.4. The van der Waals surface area contributed by atoms with Gasteiger partial charge >= 0.3 is 5.97 Å². The molecule has 5 heteroatoms. The van der Waals surface area contributed by atoms with Gasteiger partial charge in [0.2, 0.25) is 0 Å². The van der Waals surface area contributed by atoms with Crippen LogP contribution in [0.3, 0.4) is 0 Å². The van der Waals surface area contributed by atoms with E-state index in [1.54, 1.807) is 0 Å². The first-order valence-corrected chi connectivity index (χ1v) is 9.35. The van der Waals surface area contributed by atoms with E-state index < -0.39 is 5.41 Å². The van der Waals surface area contributed by atoms with E-state index in [1.807, 2.05) is 25.8 Å². The van der Waals surface area contributed by atoms with E-state index in [1.165, 1.54) is 45.6 Å². The Morgan fingerprint density at radius 2 is 1.57 bits per heavy atom. The van der Waals surface area contributed by atoms with Gasteiger partial charge in [0.05, 0.1) is 5.41 Å². The minimum Gasteiger partial charge on any atom is -0.367 e. The molecule has 0 radical (unpaired) electrons. The summed E-state index contributed by atoms with van der Waals surface area (Å²) in [4.78, 5) is 22.8. The van der Waals surface area contributed by atoms with Crippen LogP contribution in [-0.4, -0.2) is 72.7 Å². The van der Waals surface area contributed by atoms with Gasteiger partial charge in [-0.2, -0.15) is 0 Å². The summed E-state index contributed by atoms with van der Waals surface area (Å²) in [7, 11) is 0. The van der Waals surface area contributed by atoms with Crippen molar-refractivity contribution < 1.29 is 9.63 Å². The van der Waals surface area contributed by atoms with E-state index in [4.69, 9.17) is 4.84 Å². The molecular formula is C18H33N3O2. The van der Waals surface area contributed by atoms with Crippen molar-refractivity contribution >= 4 is 5.97 Å². The van der Waals surface area contributed by atoms with Crippen molar-refractivity contribution in [3.05, 3.63) is 0 Å².